The molecule has 0 radical (unpaired) electrons. The molecule has 2 heteroatoms. The molecule has 4 bridgehead atoms. The van der Waals surface area contributed by atoms with E-state index in [-0.39, 0.29) is 0 Å². The molecule has 2 aliphatic heterocycles. The van der Waals surface area contributed by atoms with Crippen LogP contribution >= 0.6 is 0 Å². The van der Waals surface area contributed by atoms with Crippen LogP contribution in [-0.4, -0.2) is 26.2 Å². The third kappa shape index (κ3) is 3.46. The second-order valence-electron chi connectivity index (χ2n) is 6.38. The molecule has 2 nitrogen and oxygen atoms in total. The van der Waals surface area contributed by atoms with Gasteiger partial charge in [-0.3, -0.25) is 0 Å². The van der Waals surface area contributed by atoms with Crippen LogP contribution in [0.15, 0.2) is 0 Å². The molecule has 92 valence electrons. The van der Waals surface area contributed by atoms with Crippen LogP contribution < -0.4 is 10.6 Å². The van der Waals surface area contributed by atoms with Gasteiger partial charge < -0.3 is 10.6 Å². The maximum atomic E-state index is 3.00. The molecule has 6 fully saturated rings. The largest absolute Gasteiger partial charge is 0.314 e. The highest BCUT2D eigenvalue weighted by Gasteiger charge is 2.41. The van der Waals surface area contributed by atoms with E-state index in [9.17, 15) is 0 Å². The lowest BCUT2D eigenvalue weighted by Crippen LogP contribution is -2.38. The summed E-state index contributed by atoms with van der Waals surface area (Å²) in [5, 5.41) is 6.00. The predicted molar refractivity (Wildman–Crippen MR) is 67.4 cm³/mol. The maximum absolute atomic E-state index is 3.00. The summed E-state index contributed by atoms with van der Waals surface area (Å²) in [6.45, 7) is 5.00. The SMILES string of the molecule is C1C2CC3CC1CC(C2)C3.C1CN1.C1CN1. The van der Waals surface area contributed by atoms with Gasteiger partial charge in [0.25, 0.3) is 0 Å². The Hall–Kier alpha value is -0.0800. The van der Waals surface area contributed by atoms with Crippen molar-refractivity contribution in [3.8, 4) is 0 Å². The zero-order valence-corrected chi connectivity index (χ0v) is 10.4. The zero-order chi connectivity index (χ0) is 10.8. The van der Waals surface area contributed by atoms with Gasteiger partial charge >= 0.3 is 0 Å². The van der Waals surface area contributed by atoms with Gasteiger partial charge in [0.2, 0.25) is 0 Å². The van der Waals surface area contributed by atoms with Crippen molar-refractivity contribution >= 4 is 0 Å². The van der Waals surface area contributed by atoms with Gasteiger partial charge in [0.15, 0.2) is 0 Å². The molecule has 16 heavy (non-hydrogen) atoms. The summed E-state index contributed by atoms with van der Waals surface area (Å²) >= 11 is 0. The van der Waals surface area contributed by atoms with Crippen molar-refractivity contribution in [3.63, 3.8) is 0 Å². The van der Waals surface area contributed by atoms with Crippen LogP contribution in [-0.2, 0) is 0 Å². The van der Waals surface area contributed by atoms with E-state index in [4.69, 9.17) is 0 Å². The second kappa shape index (κ2) is 5.05. The summed E-state index contributed by atoms with van der Waals surface area (Å²) in [5.41, 5.74) is 0. The van der Waals surface area contributed by atoms with E-state index in [1.807, 2.05) is 0 Å². The minimum atomic E-state index is 1.18. The number of rotatable bonds is 0. The first-order valence-electron chi connectivity index (χ1n) is 7.31. The van der Waals surface area contributed by atoms with Crippen LogP contribution in [0.3, 0.4) is 0 Å². The number of hydrogen-bond donors (Lipinski definition) is 2. The fourth-order valence-electron chi connectivity index (χ4n) is 3.98. The van der Waals surface area contributed by atoms with Gasteiger partial charge in [0, 0.05) is 26.2 Å². The highest BCUT2D eigenvalue weighted by molar-refractivity contribution is 4.92. The van der Waals surface area contributed by atoms with Crippen LogP contribution in [0.4, 0.5) is 0 Å². The molecule has 0 aromatic carbocycles. The Bertz CT molecular complexity index is 155. The molecular weight excluding hydrogens is 196 g/mol. The molecule has 0 aromatic heterocycles. The van der Waals surface area contributed by atoms with Crippen molar-refractivity contribution in [3.05, 3.63) is 0 Å². The molecule has 0 unspecified atom stereocenters. The van der Waals surface area contributed by atoms with E-state index in [1.54, 1.807) is 38.5 Å². The lowest BCUT2D eigenvalue weighted by atomic mass is 9.56. The van der Waals surface area contributed by atoms with E-state index in [2.05, 4.69) is 10.6 Å². The van der Waals surface area contributed by atoms with Crippen LogP contribution in [0.25, 0.3) is 0 Å². The molecule has 0 spiro atoms. The molecule has 2 saturated heterocycles. The van der Waals surface area contributed by atoms with Crippen molar-refractivity contribution in [2.75, 3.05) is 26.2 Å². The van der Waals surface area contributed by atoms with Gasteiger partial charge in [-0.15, -0.1) is 0 Å². The monoisotopic (exact) mass is 222 g/mol. The van der Waals surface area contributed by atoms with E-state index in [0.29, 0.717) is 0 Å². The first-order valence-corrected chi connectivity index (χ1v) is 7.31. The molecule has 0 amide bonds. The highest BCUT2D eigenvalue weighted by atomic mass is 15.0. The summed E-state index contributed by atoms with van der Waals surface area (Å²) in [4.78, 5) is 0. The van der Waals surface area contributed by atoms with Crippen LogP contribution in [0.5, 0.6) is 0 Å². The summed E-state index contributed by atoms with van der Waals surface area (Å²) in [7, 11) is 0. The Labute approximate surface area is 99.6 Å². The van der Waals surface area contributed by atoms with Gasteiger partial charge in [-0.2, -0.15) is 0 Å². The Morgan fingerprint density at radius 1 is 0.438 bits per heavy atom. The predicted octanol–water partition coefficient (Wildman–Crippen LogP) is 2.01. The molecule has 0 aromatic rings. The molecule has 0 atom stereocenters. The molecule has 2 heterocycles. The van der Waals surface area contributed by atoms with Gasteiger partial charge in [-0.25, -0.2) is 0 Å². The van der Waals surface area contributed by atoms with Crippen molar-refractivity contribution in [1.29, 1.82) is 0 Å². The first kappa shape index (κ1) is 11.0. The van der Waals surface area contributed by atoms with E-state index >= 15 is 0 Å². The fraction of sp³-hybridized carbons (Fsp3) is 1.00. The first-order chi connectivity index (χ1) is 7.90. The van der Waals surface area contributed by atoms with Gasteiger partial charge in [-0.1, -0.05) is 0 Å². The van der Waals surface area contributed by atoms with E-state index in [1.165, 1.54) is 49.9 Å². The molecule has 4 saturated carbocycles. The Balaban J connectivity index is 0.000000111. The van der Waals surface area contributed by atoms with E-state index < -0.39 is 0 Å². The van der Waals surface area contributed by atoms with Gasteiger partial charge in [0.1, 0.15) is 0 Å². The third-order valence-electron chi connectivity index (χ3n) is 4.50. The molecule has 6 aliphatic rings. The average molecular weight is 222 g/mol. The molecular formula is C14H26N2. The quantitative estimate of drug-likeness (QED) is 0.616. The molecule has 2 N–H and O–H groups in total. The minimum Gasteiger partial charge on any atom is -0.314 e. The van der Waals surface area contributed by atoms with Crippen molar-refractivity contribution < 1.29 is 0 Å². The summed E-state index contributed by atoms with van der Waals surface area (Å²) in [5.74, 6) is 4.71. The van der Waals surface area contributed by atoms with Gasteiger partial charge in [0.05, 0.1) is 0 Å². The maximum Gasteiger partial charge on any atom is 0.00772 e. The summed E-state index contributed by atoms with van der Waals surface area (Å²) in [6, 6.07) is 0. The lowest BCUT2D eigenvalue weighted by molar-refractivity contribution is 0.0198. The average Bonchev–Trinajstić information content (AvgIpc) is 3.09. The van der Waals surface area contributed by atoms with E-state index in [0.717, 1.165) is 0 Å². The smallest absolute Gasteiger partial charge is 0.00772 e. The summed E-state index contributed by atoms with van der Waals surface area (Å²) < 4.78 is 0. The molecule has 4 aliphatic carbocycles. The topological polar surface area (TPSA) is 43.9 Å². The minimum absolute atomic E-state index is 1.18. The Morgan fingerprint density at radius 2 is 0.625 bits per heavy atom. The standard InChI is InChI=1S/C10H16.2C2H5N/c1-7-2-9-4-8(1)5-10(3-7)6-9;2*1-2-3-1/h7-10H,1-6H2;2*3H,1-2H2. The normalized spacial score (nSPS) is 45.0. The fourth-order valence-corrected chi connectivity index (χ4v) is 3.98. The lowest BCUT2D eigenvalue weighted by Gasteiger charge is -2.49. The van der Waals surface area contributed by atoms with Gasteiger partial charge in [-0.05, 0) is 62.2 Å². The summed E-state index contributed by atoms with van der Waals surface area (Å²) in [6.07, 6.45) is 9.62. The Kier molecular flexibility index (Phi) is 3.49. The molecule has 6 rings (SSSR count). The van der Waals surface area contributed by atoms with Crippen molar-refractivity contribution in [2.45, 2.75) is 38.5 Å². The van der Waals surface area contributed by atoms with Crippen molar-refractivity contribution in [1.82, 2.24) is 10.6 Å². The van der Waals surface area contributed by atoms with Crippen LogP contribution in [0.2, 0.25) is 0 Å². The number of nitrogens with one attached hydrogen (secondary N) is 2. The Morgan fingerprint density at radius 3 is 0.750 bits per heavy atom. The third-order valence-corrected chi connectivity index (χ3v) is 4.50. The van der Waals surface area contributed by atoms with Crippen LogP contribution in [0, 0.1) is 23.7 Å². The van der Waals surface area contributed by atoms with Crippen LogP contribution in [0.1, 0.15) is 38.5 Å². The number of hydrogen-bond acceptors (Lipinski definition) is 2. The highest BCUT2D eigenvalue weighted by Crippen LogP contribution is 2.53. The van der Waals surface area contributed by atoms with Crippen molar-refractivity contribution in [2.24, 2.45) is 23.7 Å². The zero-order valence-electron chi connectivity index (χ0n) is 10.4. The second-order valence-corrected chi connectivity index (χ2v) is 6.38.